The number of Topliss-reactive ketones (excluding diaryl/α,β-unsaturated/α-hetero) is 1. The Morgan fingerprint density at radius 3 is 1.45 bits per heavy atom. The molecule has 1 saturated heterocycles. The Balaban J connectivity index is 1.34. The van der Waals surface area contributed by atoms with E-state index >= 15 is 0 Å². The zero-order chi connectivity index (χ0) is 61.1. The molecule has 1 heterocycles. The number of nitrogens with zero attached hydrogens (tertiary/aromatic N) is 5. The zero-order valence-electron chi connectivity index (χ0n) is 47.9. The number of ketones is 1. The summed E-state index contributed by atoms with van der Waals surface area (Å²) >= 11 is 0. The third kappa shape index (κ3) is 31.5. The summed E-state index contributed by atoms with van der Waals surface area (Å²) in [7, 11) is 0. The molecule has 6 amide bonds. The predicted octanol–water partition coefficient (Wildman–Crippen LogP) is 1.83. The maximum atomic E-state index is 13.9. The summed E-state index contributed by atoms with van der Waals surface area (Å²) in [5.74, 6) is -6.73. The van der Waals surface area contributed by atoms with Gasteiger partial charge in [-0.3, -0.25) is 62.8 Å². The van der Waals surface area contributed by atoms with Crippen LogP contribution in [0.25, 0.3) is 0 Å². The van der Waals surface area contributed by atoms with E-state index in [4.69, 9.17) is 5.11 Å². The van der Waals surface area contributed by atoms with Gasteiger partial charge in [0.2, 0.25) is 17.7 Å². The van der Waals surface area contributed by atoms with Gasteiger partial charge in [-0.2, -0.15) is 0 Å². The van der Waals surface area contributed by atoms with Crippen LogP contribution in [-0.2, 0) is 56.2 Å². The van der Waals surface area contributed by atoms with Crippen molar-refractivity contribution in [2.75, 3.05) is 98.2 Å². The van der Waals surface area contributed by atoms with Gasteiger partial charge in [-0.25, -0.2) is 9.59 Å². The SMILES string of the molecule is CC(=O)[C@@H](CCC(=O)O)NC(=O)N[C@H](CCCCN(Cc1ccc(C)cc1)C(=O)c1ccc(CNC(=O)CCCCNC(=O)CCCCCCNC(=O)CN2CCN(CC(=O)O)CCN(CC(=O)O)CCN(CC(=O)O)CC2)cc1)C(=O)O. The fourth-order valence-electron chi connectivity index (χ4n) is 9.08. The number of hydrogen-bond donors (Lipinski definition) is 10. The van der Waals surface area contributed by atoms with Crippen LogP contribution in [0.1, 0.15) is 117 Å². The van der Waals surface area contributed by atoms with Gasteiger partial charge in [0, 0.05) is 110 Å². The van der Waals surface area contributed by atoms with Crippen LogP contribution in [0.15, 0.2) is 48.5 Å². The highest BCUT2D eigenvalue weighted by Gasteiger charge is 2.25. The molecule has 0 aliphatic carbocycles. The van der Waals surface area contributed by atoms with E-state index in [1.165, 1.54) is 6.92 Å². The van der Waals surface area contributed by atoms with E-state index in [2.05, 4.69) is 26.6 Å². The van der Waals surface area contributed by atoms with E-state index < -0.39 is 53.7 Å². The van der Waals surface area contributed by atoms with Gasteiger partial charge in [0.15, 0.2) is 5.78 Å². The van der Waals surface area contributed by atoms with Gasteiger partial charge in [-0.1, -0.05) is 54.8 Å². The Bertz CT molecular complexity index is 2400. The number of aryl methyl sites for hydroxylation is 1. The van der Waals surface area contributed by atoms with E-state index in [-0.39, 0.29) is 121 Å². The normalized spacial score (nSPS) is 14.6. The largest absolute Gasteiger partial charge is 0.481 e. The average molecular weight is 1170 g/mol. The molecule has 460 valence electrons. The van der Waals surface area contributed by atoms with Gasteiger partial charge in [-0.15, -0.1) is 0 Å². The number of unbranched alkanes of at least 4 members (excludes halogenated alkanes) is 5. The number of benzene rings is 2. The number of rotatable bonds is 37. The minimum atomic E-state index is -1.30. The minimum Gasteiger partial charge on any atom is -0.481 e. The van der Waals surface area contributed by atoms with Crippen molar-refractivity contribution in [1.29, 1.82) is 0 Å². The zero-order valence-corrected chi connectivity index (χ0v) is 47.9. The van der Waals surface area contributed by atoms with E-state index in [9.17, 15) is 73.2 Å². The molecule has 10 N–H and O–H groups in total. The van der Waals surface area contributed by atoms with E-state index in [0.717, 1.165) is 29.5 Å². The summed E-state index contributed by atoms with van der Waals surface area (Å²) < 4.78 is 0. The van der Waals surface area contributed by atoms with E-state index in [0.29, 0.717) is 89.8 Å². The quantitative estimate of drug-likeness (QED) is 0.0431. The number of carboxylic acids is 5. The summed E-state index contributed by atoms with van der Waals surface area (Å²) in [6, 6.07) is 11.3. The molecule has 0 unspecified atom stereocenters. The molecule has 2 atom stereocenters. The fraction of sp³-hybridized carbons (Fsp3) is 0.596. The van der Waals surface area contributed by atoms with Gasteiger partial charge in [-0.05, 0) is 88.5 Å². The second-order valence-electron chi connectivity index (χ2n) is 20.9. The van der Waals surface area contributed by atoms with Crippen molar-refractivity contribution < 1.29 is 78.3 Å². The first-order valence-corrected chi connectivity index (χ1v) is 28.4. The summed E-state index contributed by atoms with van der Waals surface area (Å²) in [6.07, 6.45) is 4.93. The topological polar surface area (TPSA) is 365 Å². The molecule has 0 saturated carbocycles. The second kappa shape index (κ2) is 39.0. The Hall–Kier alpha value is -7.55. The lowest BCUT2D eigenvalue weighted by Gasteiger charge is -2.32. The number of nitrogens with one attached hydrogen (secondary N) is 5. The molecule has 83 heavy (non-hydrogen) atoms. The first kappa shape index (κ1) is 69.7. The molecule has 26 nitrogen and oxygen atoms in total. The monoisotopic (exact) mass is 1170 g/mol. The van der Waals surface area contributed by atoms with Crippen LogP contribution in [0.5, 0.6) is 0 Å². The highest BCUT2D eigenvalue weighted by atomic mass is 16.4. The summed E-state index contributed by atoms with van der Waals surface area (Å²) in [4.78, 5) is 143. The van der Waals surface area contributed by atoms with Crippen molar-refractivity contribution in [3.05, 3.63) is 70.8 Å². The Morgan fingerprint density at radius 2 is 0.940 bits per heavy atom. The molecule has 0 aromatic heterocycles. The van der Waals surface area contributed by atoms with Crippen LogP contribution in [0.3, 0.4) is 0 Å². The standard InChI is InChI=1S/C57H86N10O16/c1-41-14-16-44(17-15-41)36-67(26-10-7-11-47(56(81)82)62-57(83)61-46(42(2)68)22-23-51(72)73)55(80)45-20-18-43(19-21-45)35-60-49(70)13-6-9-25-58-48(69)12-5-3-4-8-24-59-50(71)37-63-27-29-64(38-52(74)75)31-33-66(40-54(78)79)34-32-65(30-28-63)39-53(76)77/h14-21,46-47H,3-13,22-40H2,1-2H3,(H,58,69)(H,59,71)(H,60,70)(H,72,73)(H,74,75)(H,76,77)(H,78,79)(H,81,82)(H2,61,62,83)/t46-,47-/m1/s1. The Morgan fingerprint density at radius 1 is 0.482 bits per heavy atom. The number of amides is 6. The average Bonchev–Trinajstić information content (AvgIpc) is 3.51. The maximum Gasteiger partial charge on any atom is 0.326 e. The minimum absolute atomic E-state index is 0.0273. The van der Waals surface area contributed by atoms with Gasteiger partial charge in [0.05, 0.1) is 32.2 Å². The molecule has 1 aliphatic rings. The molecule has 0 bridgehead atoms. The molecule has 26 heteroatoms. The summed E-state index contributed by atoms with van der Waals surface area (Å²) in [6.45, 7) is 6.50. The van der Waals surface area contributed by atoms with Gasteiger partial charge < -0.3 is 57.0 Å². The summed E-state index contributed by atoms with van der Waals surface area (Å²) in [5, 5.41) is 60.4. The van der Waals surface area contributed by atoms with Crippen LogP contribution in [0.2, 0.25) is 0 Å². The Labute approximate surface area is 484 Å². The van der Waals surface area contributed by atoms with Crippen molar-refractivity contribution in [1.82, 2.24) is 51.1 Å². The van der Waals surface area contributed by atoms with Crippen LogP contribution in [0, 0.1) is 6.92 Å². The maximum absolute atomic E-state index is 13.9. The smallest absolute Gasteiger partial charge is 0.326 e. The molecular formula is C57H86N10O16. The molecule has 1 aliphatic heterocycles. The van der Waals surface area contributed by atoms with E-state index in [1.54, 1.807) is 43.9 Å². The fourth-order valence-corrected chi connectivity index (χ4v) is 9.08. The number of hydrogen-bond acceptors (Lipinski definition) is 15. The number of aliphatic carboxylic acids is 5. The summed E-state index contributed by atoms with van der Waals surface area (Å²) in [5.41, 5.74) is 3.13. The number of carbonyl (C=O) groups excluding carboxylic acids is 6. The van der Waals surface area contributed by atoms with Crippen molar-refractivity contribution in [2.45, 2.75) is 122 Å². The lowest BCUT2D eigenvalue weighted by Crippen LogP contribution is -2.50. The number of urea groups is 1. The Kier molecular flexibility index (Phi) is 32.8. The van der Waals surface area contributed by atoms with Gasteiger partial charge in [0.1, 0.15) is 6.04 Å². The van der Waals surface area contributed by atoms with Crippen LogP contribution in [-0.4, -0.2) is 226 Å². The molecule has 3 rings (SSSR count). The van der Waals surface area contributed by atoms with Crippen LogP contribution < -0.4 is 26.6 Å². The van der Waals surface area contributed by atoms with Crippen molar-refractivity contribution >= 4 is 65.3 Å². The molecule has 2 aromatic rings. The van der Waals surface area contributed by atoms with Crippen molar-refractivity contribution in [3.8, 4) is 0 Å². The lowest BCUT2D eigenvalue weighted by molar-refractivity contribution is -0.140. The number of carbonyl (C=O) groups is 11. The highest BCUT2D eigenvalue weighted by molar-refractivity contribution is 5.94. The third-order valence-electron chi connectivity index (χ3n) is 13.9. The molecule has 0 radical (unpaired) electrons. The van der Waals surface area contributed by atoms with Crippen LogP contribution >= 0.6 is 0 Å². The number of carboxylic acid groups (broad SMARTS) is 5. The lowest BCUT2D eigenvalue weighted by atomic mass is 10.1. The van der Waals surface area contributed by atoms with Crippen molar-refractivity contribution in [3.63, 3.8) is 0 Å². The molecule has 2 aromatic carbocycles. The first-order valence-electron chi connectivity index (χ1n) is 28.4. The molecule has 1 fully saturated rings. The first-order chi connectivity index (χ1) is 39.6. The second-order valence-corrected chi connectivity index (χ2v) is 20.9. The van der Waals surface area contributed by atoms with Crippen molar-refractivity contribution in [2.24, 2.45) is 0 Å². The van der Waals surface area contributed by atoms with E-state index in [1.807, 2.05) is 36.1 Å². The third-order valence-corrected chi connectivity index (χ3v) is 13.9. The molecule has 0 spiro atoms. The highest BCUT2D eigenvalue weighted by Crippen LogP contribution is 2.16. The van der Waals surface area contributed by atoms with Gasteiger partial charge >= 0.3 is 35.9 Å². The van der Waals surface area contributed by atoms with Crippen LogP contribution in [0.4, 0.5) is 4.79 Å². The molecular weight excluding hydrogens is 1080 g/mol. The predicted molar refractivity (Wildman–Crippen MR) is 304 cm³/mol. The van der Waals surface area contributed by atoms with Gasteiger partial charge in [0.25, 0.3) is 5.91 Å².